The fraction of sp³-hybridized carbons (Fsp3) is 0.353. The highest BCUT2D eigenvalue weighted by Gasteiger charge is 2.34. The first kappa shape index (κ1) is 16.7. The maximum atomic E-state index is 12.5. The van der Waals surface area contributed by atoms with Crippen molar-refractivity contribution in [2.75, 3.05) is 14.2 Å². The average molecular weight is 316 g/mol. The number of esters is 1. The lowest BCUT2D eigenvalue weighted by Crippen LogP contribution is -2.52. The van der Waals surface area contributed by atoms with E-state index >= 15 is 0 Å². The molecule has 122 valence electrons. The Morgan fingerprint density at radius 2 is 1.96 bits per heavy atom. The van der Waals surface area contributed by atoms with Crippen LogP contribution in [0.4, 0.5) is 0 Å². The molecular formula is C17H20N2O4. The van der Waals surface area contributed by atoms with Crippen LogP contribution in [0.15, 0.2) is 30.3 Å². The molecule has 0 bridgehead atoms. The number of fused-ring (bicyclic) bond motifs is 1. The second-order valence-electron chi connectivity index (χ2n) is 5.37. The first-order valence-electron chi connectivity index (χ1n) is 7.30. The van der Waals surface area contributed by atoms with E-state index in [4.69, 9.17) is 9.47 Å². The average Bonchev–Trinajstić information content (AvgIpc) is 2.59. The summed E-state index contributed by atoms with van der Waals surface area (Å²) in [7, 11) is 2.79. The summed E-state index contributed by atoms with van der Waals surface area (Å²) in [6.45, 7) is 3.42. The van der Waals surface area contributed by atoms with Gasteiger partial charge in [-0.3, -0.25) is 4.79 Å². The third-order valence-corrected chi connectivity index (χ3v) is 3.86. The van der Waals surface area contributed by atoms with Crippen LogP contribution in [0.2, 0.25) is 0 Å². The van der Waals surface area contributed by atoms with Gasteiger partial charge in [-0.05, 0) is 30.9 Å². The van der Waals surface area contributed by atoms with Crippen LogP contribution in [-0.4, -0.2) is 36.6 Å². The molecule has 6 heteroatoms. The smallest absolute Gasteiger partial charge is 0.331 e. The van der Waals surface area contributed by atoms with E-state index < -0.39 is 17.4 Å². The highest BCUT2D eigenvalue weighted by atomic mass is 16.5. The van der Waals surface area contributed by atoms with Gasteiger partial charge >= 0.3 is 5.97 Å². The van der Waals surface area contributed by atoms with Crippen molar-refractivity contribution in [1.82, 2.24) is 10.3 Å². The Morgan fingerprint density at radius 3 is 2.57 bits per heavy atom. The van der Waals surface area contributed by atoms with Gasteiger partial charge in [-0.25, -0.2) is 9.78 Å². The summed E-state index contributed by atoms with van der Waals surface area (Å²) in [5.74, 6) is -0.588. The summed E-state index contributed by atoms with van der Waals surface area (Å²) < 4.78 is 10.0. The van der Waals surface area contributed by atoms with E-state index in [1.807, 2.05) is 24.3 Å². The Kier molecular flexibility index (Phi) is 4.83. The summed E-state index contributed by atoms with van der Waals surface area (Å²) in [4.78, 5) is 28.6. The quantitative estimate of drug-likeness (QED) is 0.857. The normalized spacial score (nSPS) is 13.2. The predicted molar refractivity (Wildman–Crippen MR) is 86.5 cm³/mol. The number of benzene rings is 1. The molecule has 2 aromatic rings. The van der Waals surface area contributed by atoms with E-state index in [1.54, 1.807) is 19.9 Å². The van der Waals surface area contributed by atoms with Crippen LogP contribution in [0.3, 0.4) is 0 Å². The molecule has 0 fully saturated rings. The zero-order chi connectivity index (χ0) is 17.0. The maximum absolute atomic E-state index is 12.5. The number of hydrogen-bond acceptors (Lipinski definition) is 5. The van der Waals surface area contributed by atoms with Crippen molar-refractivity contribution in [2.45, 2.75) is 25.8 Å². The van der Waals surface area contributed by atoms with Gasteiger partial charge in [-0.2, -0.15) is 0 Å². The first-order chi connectivity index (χ1) is 10.9. The molecule has 0 aliphatic heterocycles. The molecule has 1 N–H and O–H groups in total. The molecule has 2 rings (SSSR count). The van der Waals surface area contributed by atoms with E-state index in [9.17, 15) is 9.59 Å². The monoisotopic (exact) mass is 316 g/mol. The van der Waals surface area contributed by atoms with E-state index in [0.29, 0.717) is 12.3 Å². The molecule has 0 saturated carbocycles. The Balaban J connectivity index is 2.40. The molecule has 0 radical (unpaired) electrons. The summed E-state index contributed by atoms with van der Waals surface area (Å²) in [6, 6.07) is 9.15. The number of carbonyl (C=O) groups is 2. The molecular weight excluding hydrogens is 296 g/mol. The standard InChI is InChI=1S/C17H20N2O4/c1-5-17(2,16(21)23-4)19-14(20)13-10-11-8-6-7-9-12(11)15(18-13)22-3/h6-10H,5H2,1-4H3,(H,19,20). The fourth-order valence-electron chi connectivity index (χ4n) is 2.26. The number of ether oxygens (including phenoxy) is 2. The van der Waals surface area contributed by atoms with E-state index in [1.165, 1.54) is 14.2 Å². The van der Waals surface area contributed by atoms with Gasteiger partial charge in [0.2, 0.25) is 5.88 Å². The summed E-state index contributed by atoms with van der Waals surface area (Å²) in [5, 5.41) is 4.35. The minimum atomic E-state index is -1.10. The van der Waals surface area contributed by atoms with Crippen molar-refractivity contribution in [3.8, 4) is 5.88 Å². The number of carbonyl (C=O) groups excluding carboxylic acids is 2. The van der Waals surface area contributed by atoms with Gasteiger partial charge in [0.15, 0.2) is 0 Å². The van der Waals surface area contributed by atoms with Crippen molar-refractivity contribution in [3.63, 3.8) is 0 Å². The largest absolute Gasteiger partial charge is 0.481 e. The van der Waals surface area contributed by atoms with Crippen LogP contribution in [0.25, 0.3) is 10.8 Å². The highest BCUT2D eigenvalue weighted by Crippen LogP contribution is 2.24. The lowest BCUT2D eigenvalue weighted by atomic mass is 9.98. The second kappa shape index (κ2) is 6.64. The molecule has 1 heterocycles. The van der Waals surface area contributed by atoms with Crippen molar-refractivity contribution in [2.24, 2.45) is 0 Å². The van der Waals surface area contributed by atoms with Gasteiger partial charge in [-0.1, -0.05) is 25.1 Å². The third kappa shape index (κ3) is 3.26. The molecule has 6 nitrogen and oxygen atoms in total. The van der Waals surface area contributed by atoms with Crippen molar-refractivity contribution >= 4 is 22.6 Å². The lowest BCUT2D eigenvalue weighted by molar-refractivity contribution is -0.147. The summed E-state index contributed by atoms with van der Waals surface area (Å²) in [6.07, 6.45) is 0.399. The zero-order valence-corrected chi connectivity index (χ0v) is 13.7. The van der Waals surface area contributed by atoms with Crippen molar-refractivity contribution < 1.29 is 19.1 Å². The molecule has 1 unspecified atom stereocenters. The molecule has 1 aromatic heterocycles. The van der Waals surface area contributed by atoms with Crippen LogP contribution in [0.5, 0.6) is 5.88 Å². The Bertz CT molecular complexity index is 744. The zero-order valence-electron chi connectivity index (χ0n) is 13.7. The maximum Gasteiger partial charge on any atom is 0.331 e. The summed E-state index contributed by atoms with van der Waals surface area (Å²) >= 11 is 0. The Morgan fingerprint density at radius 1 is 1.26 bits per heavy atom. The Labute approximate surface area is 134 Å². The Hall–Kier alpha value is -2.63. The number of amides is 1. The molecule has 0 aliphatic carbocycles. The molecule has 0 saturated heterocycles. The van der Waals surface area contributed by atoms with Gasteiger partial charge in [-0.15, -0.1) is 0 Å². The fourth-order valence-corrected chi connectivity index (χ4v) is 2.26. The minimum Gasteiger partial charge on any atom is -0.481 e. The number of rotatable bonds is 5. The van der Waals surface area contributed by atoms with E-state index in [2.05, 4.69) is 10.3 Å². The highest BCUT2D eigenvalue weighted by molar-refractivity contribution is 6.00. The molecule has 1 aromatic carbocycles. The molecule has 1 amide bonds. The van der Waals surface area contributed by atoms with Crippen molar-refractivity contribution in [1.29, 1.82) is 0 Å². The molecule has 23 heavy (non-hydrogen) atoms. The topological polar surface area (TPSA) is 77.5 Å². The van der Waals surface area contributed by atoms with Crippen LogP contribution in [-0.2, 0) is 9.53 Å². The van der Waals surface area contributed by atoms with E-state index in [0.717, 1.165) is 10.8 Å². The molecule has 0 spiro atoms. The number of nitrogens with one attached hydrogen (secondary N) is 1. The first-order valence-corrected chi connectivity index (χ1v) is 7.30. The van der Waals surface area contributed by atoms with Crippen LogP contribution in [0, 0.1) is 0 Å². The van der Waals surface area contributed by atoms with E-state index in [-0.39, 0.29) is 5.69 Å². The van der Waals surface area contributed by atoms with Gasteiger partial charge < -0.3 is 14.8 Å². The third-order valence-electron chi connectivity index (χ3n) is 3.86. The second-order valence-corrected chi connectivity index (χ2v) is 5.37. The number of aromatic nitrogens is 1. The van der Waals surface area contributed by atoms with Gasteiger partial charge in [0.1, 0.15) is 11.2 Å². The SMILES string of the molecule is CCC(C)(NC(=O)c1cc2ccccc2c(OC)n1)C(=O)OC. The van der Waals surface area contributed by atoms with Gasteiger partial charge in [0.25, 0.3) is 5.91 Å². The number of methoxy groups -OCH3 is 2. The van der Waals surface area contributed by atoms with Crippen LogP contribution in [0.1, 0.15) is 30.8 Å². The number of nitrogens with zero attached hydrogens (tertiary/aromatic N) is 1. The van der Waals surface area contributed by atoms with Gasteiger partial charge in [0.05, 0.1) is 14.2 Å². The number of hydrogen-bond donors (Lipinski definition) is 1. The predicted octanol–water partition coefficient (Wildman–Crippen LogP) is 2.31. The van der Waals surface area contributed by atoms with Crippen LogP contribution >= 0.6 is 0 Å². The number of pyridine rings is 1. The lowest BCUT2D eigenvalue weighted by Gasteiger charge is -2.26. The molecule has 0 aliphatic rings. The van der Waals surface area contributed by atoms with Crippen LogP contribution < -0.4 is 10.1 Å². The van der Waals surface area contributed by atoms with Crippen molar-refractivity contribution in [3.05, 3.63) is 36.0 Å². The summed E-state index contributed by atoms with van der Waals surface area (Å²) in [5.41, 5.74) is -0.920. The molecule has 1 atom stereocenters. The van der Waals surface area contributed by atoms with Gasteiger partial charge in [0, 0.05) is 5.39 Å². The minimum absolute atomic E-state index is 0.184.